The predicted octanol–water partition coefficient (Wildman–Crippen LogP) is 1.04. The summed E-state index contributed by atoms with van der Waals surface area (Å²) in [5.74, 6) is -1.03. The van der Waals surface area contributed by atoms with Gasteiger partial charge in [0, 0.05) is 0 Å². The minimum Gasteiger partial charge on any atom is -0.474 e. The van der Waals surface area contributed by atoms with E-state index in [0.29, 0.717) is 17.0 Å². The van der Waals surface area contributed by atoms with Gasteiger partial charge in [0.15, 0.2) is 0 Å². The summed E-state index contributed by atoms with van der Waals surface area (Å²) >= 11 is 0. The fourth-order valence-corrected chi connectivity index (χ4v) is 1.21. The number of aromatic nitrogens is 3. The van der Waals surface area contributed by atoms with Gasteiger partial charge >= 0.3 is 11.9 Å². The summed E-state index contributed by atoms with van der Waals surface area (Å²) in [5, 5.41) is 15.8. The van der Waals surface area contributed by atoms with E-state index in [1.54, 1.807) is 13.8 Å². The molecular formula is C8H7N3O4. The van der Waals surface area contributed by atoms with Gasteiger partial charge in [0.2, 0.25) is 5.82 Å². The molecule has 0 atom stereocenters. The second kappa shape index (κ2) is 3.19. The third kappa shape index (κ3) is 1.47. The number of hydrogen-bond acceptors (Lipinski definition) is 6. The molecule has 0 spiro atoms. The Labute approximate surface area is 83.7 Å². The molecule has 2 aromatic heterocycles. The lowest BCUT2D eigenvalue weighted by Crippen LogP contribution is -1.95. The molecule has 0 aliphatic heterocycles. The number of aryl methyl sites for hydroxylation is 2. The summed E-state index contributed by atoms with van der Waals surface area (Å²) in [5.41, 5.74) is 1.15. The average molecular weight is 209 g/mol. The van der Waals surface area contributed by atoms with Crippen molar-refractivity contribution in [3.05, 3.63) is 17.3 Å². The van der Waals surface area contributed by atoms with E-state index in [1.165, 1.54) is 0 Å². The Kier molecular flexibility index (Phi) is 2.00. The quantitative estimate of drug-likeness (QED) is 0.787. The Bertz CT molecular complexity index is 494. The van der Waals surface area contributed by atoms with Gasteiger partial charge in [-0.05, 0) is 13.8 Å². The minimum absolute atomic E-state index is 0.170. The summed E-state index contributed by atoms with van der Waals surface area (Å²) in [4.78, 5) is 14.2. The van der Waals surface area contributed by atoms with Crippen LogP contribution in [0.5, 0.6) is 0 Å². The molecule has 2 aromatic rings. The van der Waals surface area contributed by atoms with Crippen molar-refractivity contribution in [1.82, 2.24) is 15.3 Å². The van der Waals surface area contributed by atoms with Crippen molar-refractivity contribution in [2.75, 3.05) is 0 Å². The minimum atomic E-state index is -1.26. The van der Waals surface area contributed by atoms with Gasteiger partial charge in [-0.15, -0.1) is 0 Å². The smallest absolute Gasteiger partial charge is 0.394 e. The summed E-state index contributed by atoms with van der Waals surface area (Å²) in [6, 6.07) is 0. The number of rotatable bonds is 2. The number of hydrogen-bond donors (Lipinski definition) is 1. The highest BCUT2D eigenvalue weighted by Crippen LogP contribution is 2.23. The number of carbonyl (C=O) groups is 1. The van der Waals surface area contributed by atoms with E-state index in [0.717, 1.165) is 0 Å². The van der Waals surface area contributed by atoms with E-state index >= 15 is 0 Å². The molecule has 1 N–H and O–H groups in total. The van der Waals surface area contributed by atoms with E-state index in [1.807, 2.05) is 0 Å². The molecule has 0 radical (unpaired) electrons. The molecule has 0 amide bonds. The highest BCUT2D eigenvalue weighted by molar-refractivity contribution is 5.82. The summed E-state index contributed by atoms with van der Waals surface area (Å²) in [6.07, 6.45) is 0. The van der Waals surface area contributed by atoms with Crippen molar-refractivity contribution in [3.8, 4) is 11.4 Å². The maximum atomic E-state index is 10.5. The van der Waals surface area contributed by atoms with E-state index in [4.69, 9.17) is 9.63 Å². The second-order valence-electron chi connectivity index (χ2n) is 2.93. The molecule has 7 heteroatoms. The lowest BCUT2D eigenvalue weighted by atomic mass is 10.2. The van der Waals surface area contributed by atoms with E-state index in [2.05, 4.69) is 19.8 Å². The van der Waals surface area contributed by atoms with Gasteiger partial charge in [-0.1, -0.05) is 10.3 Å². The van der Waals surface area contributed by atoms with Crippen molar-refractivity contribution in [1.29, 1.82) is 0 Å². The Morgan fingerprint density at radius 2 is 2.00 bits per heavy atom. The molecule has 15 heavy (non-hydrogen) atoms. The molecule has 2 rings (SSSR count). The molecule has 0 fully saturated rings. The van der Waals surface area contributed by atoms with Crippen LogP contribution in [0, 0.1) is 13.8 Å². The second-order valence-corrected chi connectivity index (χ2v) is 2.93. The first kappa shape index (κ1) is 9.38. The van der Waals surface area contributed by atoms with Crippen LogP contribution in [0.2, 0.25) is 0 Å². The zero-order valence-corrected chi connectivity index (χ0v) is 8.01. The Hall–Kier alpha value is -2.18. The van der Waals surface area contributed by atoms with E-state index < -0.39 is 11.9 Å². The van der Waals surface area contributed by atoms with Gasteiger partial charge in [0.05, 0.1) is 11.3 Å². The molecule has 0 aliphatic rings. The van der Waals surface area contributed by atoms with Crippen LogP contribution in [0.3, 0.4) is 0 Å². The van der Waals surface area contributed by atoms with Crippen LogP contribution < -0.4 is 0 Å². The van der Waals surface area contributed by atoms with Crippen molar-refractivity contribution >= 4 is 5.97 Å². The molecule has 0 bridgehead atoms. The third-order valence-corrected chi connectivity index (χ3v) is 1.87. The standard InChI is InChI=1S/C8H7N3O4/c1-3-5(4(2)14-10-3)6-9-7(8(12)13)15-11-6/h1-2H3,(H,12,13). The van der Waals surface area contributed by atoms with E-state index in [9.17, 15) is 4.79 Å². The van der Waals surface area contributed by atoms with Gasteiger partial charge in [-0.3, -0.25) is 0 Å². The normalized spacial score (nSPS) is 10.5. The van der Waals surface area contributed by atoms with Crippen LogP contribution in [0.25, 0.3) is 11.4 Å². The number of aromatic carboxylic acids is 1. The molecule has 0 aliphatic carbocycles. The van der Waals surface area contributed by atoms with Crippen LogP contribution in [0.1, 0.15) is 22.1 Å². The predicted molar refractivity (Wildman–Crippen MR) is 46.2 cm³/mol. The van der Waals surface area contributed by atoms with Gasteiger partial charge in [0.1, 0.15) is 5.76 Å². The Morgan fingerprint density at radius 1 is 1.27 bits per heavy atom. The molecule has 0 saturated carbocycles. The van der Waals surface area contributed by atoms with Crippen molar-refractivity contribution in [3.63, 3.8) is 0 Å². The van der Waals surface area contributed by atoms with Crippen LogP contribution in [-0.2, 0) is 0 Å². The number of nitrogens with zero attached hydrogens (tertiary/aromatic N) is 3. The Balaban J connectivity index is 2.50. The van der Waals surface area contributed by atoms with Gasteiger partial charge < -0.3 is 14.2 Å². The molecule has 0 unspecified atom stereocenters. The number of carboxylic acid groups (broad SMARTS) is 1. The largest absolute Gasteiger partial charge is 0.474 e. The van der Waals surface area contributed by atoms with Crippen LogP contribution in [-0.4, -0.2) is 26.4 Å². The molecule has 0 saturated heterocycles. The fourth-order valence-electron chi connectivity index (χ4n) is 1.21. The maximum absolute atomic E-state index is 10.5. The van der Waals surface area contributed by atoms with Gasteiger partial charge in [-0.2, -0.15) is 4.98 Å². The number of carboxylic acids is 1. The topological polar surface area (TPSA) is 102 Å². The van der Waals surface area contributed by atoms with Gasteiger partial charge in [-0.25, -0.2) is 4.79 Å². The molecular weight excluding hydrogens is 202 g/mol. The summed E-state index contributed by atoms with van der Waals surface area (Å²) < 4.78 is 9.43. The summed E-state index contributed by atoms with van der Waals surface area (Å²) in [7, 11) is 0. The highest BCUT2D eigenvalue weighted by atomic mass is 16.5. The first-order valence-corrected chi connectivity index (χ1v) is 4.10. The third-order valence-electron chi connectivity index (χ3n) is 1.87. The first-order valence-electron chi connectivity index (χ1n) is 4.10. The van der Waals surface area contributed by atoms with Crippen LogP contribution in [0.4, 0.5) is 0 Å². The summed E-state index contributed by atoms with van der Waals surface area (Å²) in [6.45, 7) is 3.40. The van der Waals surface area contributed by atoms with Crippen molar-refractivity contribution in [2.45, 2.75) is 13.8 Å². The van der Waals surface area contributed by atoms with Crippen LogP contribution >= 0.6 is 0 Å². The van der Waals surface area contributed by atoms with E-state index in [-0.39, 0.29) is 5.82 Å². The molecule has 0 aromatic carbocycles. The highest BCUT2D eigenvalue weighted by Gasteiger charge is 2.20. The average Bonchev–Trinajstić information content (AvgIpc) is 2.73. The molecule has 7 nitrogen and oxygen atoms in total. The molecule has 2 heterocycles. The zero-order chi connectivity index (χ0) is 11.0. The van der Waals surface area contributed by atoms with Gasteiger partial charge in [0.25, 0.3) is 0 Å². The van der Waals surface area contributed by atoms with Crippen LogP contribution in [0.15, 0.2) is 9.05 Å². The lowest BCUT2D eigenvalue weighted by Gasteiger charge is -1.88. The Morgan fingerprint density at radius 3 is 2.47 bits per heavy atom. The SMILES string of the molecule is Cc1noc(C)c1-c1noc(C(=O)O)n1. The van der Waals surface area contributed by atoms with Crippen molar-refractivity contribution < 1.29 is 18.9 Å². The monoisotopic (exact) mass is 209 g/mol. The first-order chi connectivity index (χ1) is 7.09. The lowest BCUT2D eigenvalue weighted by molar-refractivity contribution is 0.0643. The fraction of sp³-hybridized carbons (Fsp3) is 0.250. The maximum Gasteiger partial charge on any atom is 0.394 e. The molecule has 78 valence electrons. The van der Waals surface area contributed by atoms with Crippen molar-refractivity contribution in [2.24, 2.45) is 0 Å². The zero-order valence-electron chi connectivity index (χ0n) is 8.01.